The molecular weight excluding hydrogens is 254 g/mol. The van der Waals surface area contributed by atoms with Gasteiger partial charge in [0.05, 0.1) is 5.41 Å². The van der Waals surface area contributed by atoms with Crippen molar-refractivity contribution >= 4 is 0 Å². The van der Waals surface area contributed by atoms with Crippen LogP contribution in [0.2, 0.25) is 0 Å². The summed E-state index contributed by atoms with van der Waals surface area (Å²) in [4.78, 5) is 4.45. The van der Waals surface area contributed by atoms with Gasteiger partial charge in [0.2, 0.25) is 5.89 Å². The van der Waals surface area contributed by atoms with Gasteiger partial charge in [0.25, 0.3) is 0 Å². The van der Waals surface area contributed by atoms with Gasteiger partial charge in [0, 0.05) is 12.0 Å². The van der Waals surface area contributed by atoms with Crippen molar-refractivity contribution in [2.45, 2.75) is 45.1 Å². The fourth-order valence-corrected chi connectivity index (χ4v) is 1.65. The largest absolute Gasteiger partial charge is 0.508 e. The zero-order valence-corrected chi connectivity index (χ0v) is 12.3. The molecule has 2 rings (SSSR count). The van der Waals surface area contributed by atoms with Crippen molar-refractivity contribution in [2.75, 3.05) is 0 Å². The van der Waals surface area contributed by atoms with E-state index in [9.17, 15) is 5.11 Å². The molecule has 0 fully saturated rings. The van der Waals surface area contributed by atoms with Crippen LogP contribution in [0.15, 0.2) is 28.8 Å². The van der Waals surface area contributed by atoms with Gasteiger partial charge >= 0.3 is 0 Å². The predicted molar refractivity (Wildman–Crippen MR) is 76.5 cm³/mol. The zero-order valence-electron chi connectivity index (χ0n) is 12.3. The van der Waals surface area contributed by atoms with Crippen LogP contribution in [-0.4, -0.2) is 20.8 Å². The van der Waals surface area contributed by atoms with Gasteiger partial charge in [-0.25, -0.2) is 0 Å². The quantitative estimate of drug-likeness (QED) is 0.894. The fraction of sp³-hybridized carbons (Fsp3) is 0.467. The van der Waals surface area contributed by atoms with Crippen LogP contribution in [0.25, 0.3) is 0 Å². The number of phenolic OH excluding ortho intramolecular Hbond substituents is 1. The molecule has 1 heterocycles. The zero-order chi connectivity index (χ0) is 15.0. The molecule has 108 valence electrons. The standard InChI is InChI=1S/C15H21N3O2/c1-14(2,15(3,4)16)13-17-12(18-20-13)9-10-5-7-11(19)8-6-10/h5-8,19H,9,16H2,1-4H3. The van der Waals surface area contributed by atoms with Crippen LogP contribution in [0.1, 0.15) is 45.0 Å². The van der Waals surface area contributed by atoms with Crippen LogP contribution in [0.3, 0.4) is 0 Å². The van der Waals surface area contributed by atoms with E-state index in [0.29, 0.717) is 18.1 Å². The van der Waals surface area contributed by atoms with Gasteiger partial charge in [-0.2, -0.15) is 4.98 Å². The molecule has 5 nitrogen and oxygen atoms in total. The summed E-state index contributed by atoms with van der Waals surface area (Å²) in [6.07, 6.45) is 0.560. The third kappa shape index (κ3) is 2.82. The Morgan fingerprint density at radius 3 is 2.30 bits per heavy atom. The molecular formula is C15H21N3O2. The summed E-state index contributed by atoms with van der Waals surface area (Å²) in [5, 5.41) is 13.3. The van der Waals surface area contributed by atoms with Crippen LogP contribution in [0.5, 0.6) is 5.75 Å². The second kappa shape index (κ2) is 4.90. The normalized spacial score (nSPS) is 12.7. The molecule has 0 aliphatic heterocycles. The average molecular weight is 275 g/mol. The second-order valence-electron chi connectivity index (χ2n) is 6.21. The fourth-order valence-electron chi connectivity index (χ4n) is 1.65. The van der Waals surface area contributed by atoms with Gasteiger partial charge in [-0.3, -0.25) is 0 Å². The molecule has 3 N–H and O–H groups in total. The monoisotopic (exact) mass is 275 g/mol. The summed E-state index contributed by atoms with van der Waals surface area (Å²) in [7, 11) is 0. The average Bonchev–Trinajstić information content (AvgIpc) is 2.80. The molecule has 1 aromatic carbocycles. The molecule has 0 amide bonds. The van der Waals surface area contributed by atoms with Crippen LogP contribution < -0.4 is 5.73 Å². The van der Waals surface area contributed by atoms with Crippen molar-refractivity contribution in [2.24, 2.45) is 5.73 Å². The first-order valence-electron chi connectivity index (χ1n) is 6.60. The number of aromatic hydroxyl groups is 1. The molecule has 0 saturated carbocycles. The van der Waals surface area contributed by atoms with Gasteiger partial charge in [-0.15, -0.1) is 0 Å². The summed E-state index contributed by atoms with van der Waals surface area (Å²) < 4.78 is 5.36. The summed E-state index contributed by atoms with van der Waals surface area (Å²) >= 11 is 0. The molecule has 0 bridgehead atoms. The maximum Gasteiger partial charge on any atom is 0.234 e. The van der Waals surface area contributed by atoms with Crippen molar-refractivity contribution in [3.63, 3.8) is 0 Å². The van der Waals surface area contributed by atoms with Crippen LogP contribution in [-0.2, 0) is 11.8 Å². The lowest BCUT2D eigenvalue weighted by Crippen LogP contribution is -2.50. The molecule has 2 aromatic rings. The Morgan fingerprint density at radius 1 is 1.15 bits per heavy atom. The summed E-state index contributed by atoms with van der Waals surface area (Å²) in [5.41, 5.74) is 6.31. The van der Waals surface area contributed by atoms with E-state index >= 15 is 0 Å². The van der Waals surface area contributed by atoms with Crippen molar-refractivity contribution in [3.05, 3.63) is 41.5 Å². The minimum atomic E-state index is -0.463. The second-order valence-corrected chi connectivity index (χ2v) is 6.21. The van der Waals surface area contributed by atoms with E-state index in [2.05, 4.69) is 10.1 Å². The molecule has 5 heteroatoms. The lowest BCUT2D eigenvalue weighted by Gasteiger charge is -2.34. The maximum atomic E-state index is 9.26. The number of hydrogen-bond acceptors (Lipinski definition) is 5. The highest BCUT2D eigenvalue weighted by molar-refractivity contribution is 5.27. The van der Waals surface area contributed by atoms with Crippen molar-refractivity contribution < 1.29 is 9.63 Å². The first-order valence-corrected chi connectivity index (χ1v) is 6.60. The smallest absolute Gasteiger partial charge is 0.234 e. The Hall–Kier alpha value is -1.88. The first-order chi connectivity index (χ1) is 9.20. The molecule has 0 saturated heterocycles. The Kier molecular flexibility index (Phi) is 3.56. The third-order valence-electron chi connectivity index (χ3n) is 3.91. The van der Waals surface area contributed by atoms with Crippen molar-refractivity contribution in [1.82, 2.24) is 10.1 Å². The Balaban J connectivity index is 2.19. The Bertz CT molecular complexity index is 580. The number of nitrogens with zero attached hydrogens (tertiary/aromatic N) is 2. The van der Waals surface area contributed by atoms with Gasteiger partial charge in [-0.05, 0) is 45.4 Å². The minimum absolute atomic E-state index is 0.244. The molecule has 20 heavy (non-hydrogen) atoms. The summed E-state index contributed by atoms with van der Waals surface area (Å²) in [6, 6.07) is 6.96. The van der Waals surface area contributed by atoms with E-state index in [0.717, 1.165) is 5.56 Å². The molecule has 1 aromatic heterocycles. The van der Waals surface area contributed by atoms with Crippen LogP contribution in [0.4, 0.5) is 0 Å². The van der Waals surface area contributed by atoms with Crippen LogP contribution >= 0.6 is 0 Å². The van der Waals surface area contributed by atoms with Crippen molar-refractivity contribution in [1.29, 1.82) is 0 Å². The highest BCUT2D eigenvalue weighted by Crippen LogP contribution is 2.31. The van der Waals surface area contributed by atoms with E-state index < -0.39 is 11.0 Å². The number of aromatic nitrogens is 2. The van der Waals surface area contributed by atoms with Gasteiger partial charge < -0.3 is 15.4 Å². The molecule has 0 aliphatic carbocycles. The highest BCUT2D eigenvalue weighted by Gasteiger charge is 2.40. The minimum Gasteiger partial charge on any atom is -0.508 e. The molecule has 0 radical (unpaired) electrons. The SMILES string of the molecule is CC(C)(N)C(C)(C)c1nc(Cc2ccc(O)cc2)no1. The molecule has 0 unspecified atom stereocenters. The Morgan fingerprint density at radius 2 is 1.75 bits per heavy atom. The Labute approximate surface area is 118 Å². The van der Waals surface area contributed by atoms with Gasteiger partial charge in [-0.1, -0.05) is 17.3 Å². The first kappa shape index (κ1) is 14.5. The molecule has 0 atom stereocenters. The highest BCUT2D eigenvalue weighted by atomic mass is 16.5. The number of rotatable bonds is 4. The van der Waals surface area contributed by atoms with E-state index in [1.807, 2.05) is 39.8 Å². The maximum absolute atomic E-state index is 9.26. The summed E-state index contributed by atoms with van der Waals surface area (Å²) in [6.45, 7) is 7.86. The number of phenols is 1. The third-order valence-corrected chi connectivity index (χ3v) is 3.91. The van der Waals surface area contributed by atoms with E-state index in [1.54, 1.807) is 12.1 Å². The molecule has 0 aliphatic rings. The molecule has 0 spiro atoms. The number of nitrogens with two attached hydrogens (primary N) is 1. The summed E-state index contributed by atoms with van der Waals surface area (Å²) in [5.74, 6) is 1.40. The lowest BCUT2D eigenvalue weighted by atomic mass is 9.75. The number of benzene rings is 1. The van der Waals surface area contributed by atoms with E-state index in [4.69, 9.17) is 10.3 Å². The number of hydrogen-bond donors (Lipinski definition) is 2. The lowest BCUT2D eigenvalue weighted by molar-refractivity contribution is 0.222. The van der Waals surface area contributed by atoms with Crippen LogP contribution in [0, 0.1) is 0 Å². The van der Waals surface area contributed by atoms with Gasteiger partial charge in [0.1, 0.15) is 5.75 Å². The van der Waals surface area contributed by atoms with Crippen molar-refractivity contribution in [3.8, 4) is 5.75 Å². The van der Waals surface area contributed by atoms with E-state index in [-0.39, 0.29) is 5.75 Å². The predicted octanol–water partition coefficient (Wildman–Crippen LogP) is 2.38. The van der Waals surface area contributed by atoms with E-state index in [1.165, 1.54) is 0 Å². The van der Waals surface area contributed by atoms with Gasteiger partial charge in [0.15, 0.2) is 5.82 Å². The topological polar surface area (TPSA) is 85.2 Å².